The molecule has 0 saturated carbocycles. The molecule has 0 aromatic carbocycles. The Bertz CT molecular complexity index is 1050. The maximum atomic E-state index is 11.2. The molecule has 3 rings (SSSR count). The van der Waals surface area contributed by atoms with Crippen LogP contribution in [0.25, 0.3) is 0 Å². The molecular weight excluding hydrogens is 620 g/mol. The molecule has 3 saturated heterocycles. The zero-order chi connectivity index (χ0) is 35.0. The van der Waals surface area contributed by atoms with Crippen molar-refractivity contribution in [3.05, 3.63) is 34.9 Å². The van der Waals surface area contributed by atoms with Crippen LogP contribution in [0.15, 0.2) is 34.9 Å². The Kier molecular flexibility index (Phi) is 15.9. The minimum absolute atomic E-state index is 0.0861. The van der Waals surface area contributed by atoms with Crippen LogP contribution in [0.1, 0.15) is 67.2 Å². The Labute approximate surface area is 276 Å². The second kappa shape index (κ2) is 18.6. The summed E-state index contributed by atoms with van der Waals surface area (Å²) in [6.45, 7) is 10.5. The molecular formula is C33H56O14. The van der Waals surface area contributed by atoms with E-state index in [1.165, 1.54) is 25.0 Å². The summed E-state index contributed by atoms with van der Waals surface area (Å²) in [5.41, 5.74) is 3.52. The highest BCUT2D eigenvalue weighted by Crippen LogP contribution is 2.33. The molecule has 3 aliphatic rings. The molecule has 0 bridgehead atoms. The van der Waals surface area contributed by atoms with Gasteiger partial charge in [-0.25, -0.2) is 0 Å². The molecule has 3 aliphatic heterocycles. The SMILES string of the molecule is C/C=C(\C)CC/C=C(\C)CC/C=C(\C)CO[C@@H]1O[C@H](CO)[C@@H](O)[C@H](O[C@@H]2O[C@@H](C)[C@H](O)[C@@H](O)[C@H]2O[C@@H]2O[C@@H](C)[C@H](O)[C@@H](O)[C@H]2O)[C@H]1O. The summed E-state index contributed by atoms with van der Waals surface area (Å²) in [5, 5.41) is 84.2. The van der Waals surface area contributed by atoms with E-state index < -0.39 is 98.7 Å². The summed E-state index contributed by atoms with van der Waals surface area (Å²) < 4.78 is 34.4. The molecule has 0 aliphatic carbocycles. The van der Waals surface area contributed by atoms with E-state index in [2.05, 4.69) is 26.0 Å². The van der Waals surface area contributed by atoms with Gasteiger partial charge >= 0.3 is 0 Å². The fraction of sp³-hybridized carbons (Fsp3) is 0.818. The van der Waals surface area contributed by atoms with E-state index in [0.717, 1.165) is 31.3 Å². The van der Waals surface area contributed by atoms with Crippen molar-refractivity contribution in [3.8, 4) is 0 Å². The molecule has 0 spiro atoms. The van der Waals surface area contributed by atoms with Crippen molar-refractivity contribution < 1.29 is 69.3 Å². The summed E-state index contributed by atoms with van der Waals surface area (Å²) in [5.74, 6) is 0. The van der Waals surface area contributed by atoms with E-state index in [1.807, 2.05) is 19.9 Å². The first-order chi connectivity index (χ1) is 22.2. The lowest BCUT2D eigenvalue weighted by molar-refractivity contribution is -0.385. The molecule has 47 heavy (non-hydrogen) atoms. The van der Waals surface area contributed by atoms with Crippen LogP contribution in [-0.4, -0.2) is 146 Å². The molecule has 14 nitrogen and oxygen atoms in total. The molecule has 3 fully saturated rings. The molecule has 0 aromatic rings. The van der Waals surface area contributed by atoms with Gasteiger partial charge in [-0.15, -0.1) is 0 Å². The number of rotatable bonds is 14. The highest BCUT2D eigenvalue weighted by molar-refractivity contribution is 5.06. The molecule has 14 heteroatoms. The van der Waals surface area contributed by atoms with Gasteiger partial charge in [0.15, 0.2) is 18.9 Å². The normalized spacial score (nSPS) is 42.5. The highest BCUT2D eigenvalue weighted by atomic mass is 16.8. The summed E-state index contributed by atoms with van der Waals surface area (Å²) in [6.07, 6.45) is -11.6. The van der Waals surface area contributed by atoms with Crippen molar-refractivity contribution in [1.29, 1.82) is 0 Å². The molecule has 3 heterocycles. The summed E-state index contributed by atoms with van der Waals surface area (Å²) in [4.78, 5) is 0. The third-order valence-corrected chi connectivity index (χ3v) is 9.03. The quantitative estimate of drug-likeness (QED) is 0.113. The maximum absolute atomic E-state index is 11.2. The third kappa shape index (κ3) is 10.6. The van der Waals surface area contributed by atoms with E-state index in [9.17, 15) is 40.9 Å². The van der Waals surface area contributed by atoms with Crippen molar-refractivity contribution in [1.82, 2.24) is 0 Å². The van der Waals surface area contributed by atoms with E-state index in [4.69, 9.17) is 28.4 Å². The third-order valence-electron chi connectivity index (χ3n) is 9.03. The molecule has 0 unspecified atom stereocenters. The number of aliphatic hydroxyl groups is 8. The molecule has 0 amide bonds. The van der Waals surface area contributed by atoms with Crippen LogP contribution in [0, 0.1) is 0 Å². The first-order valence-corrected chi connectivity index (χ1v) is 16.4. The lowest BCUT2D eigenvalue weighted by atomic mass is 9.96. The lowest BCUT2D eigenvalue weighted by Gasteiger charge is -2.48. The van der Waals surface area contributed by atoms with Gasteiger partial charge in [-0.3, -0.25) is 0 Å². The smallest absolute Gasteiger partial charge is 0.187 e. The maximum Gasteiger partial charge on any atom is 0.187 e. The van der Waals surface area contributed by atoms with Crippen LogP contribution in [0.2, 0.25) is 0 Å². The standard InChI is InChI=1S/C33H56O14/c1-7-16(2)10-8-11-17(3)12-9-13-18(4)15-42-31-28(41)29(24(37)21(14-34)45-31)46-33-30(26(39)23(36)20(6)44-33)47-32-27(40)25(38)22(35)19(5)43-32/h7,11,13,19-41H,8-10,12,14-15H2,1-6H3/b16-7+,17-11+,18-13+/t19-,20-,21+,22-,23-,24+,25+,26+,27+,28+,29-,30+,31+,32-,33-/m0/s1. The number of hydrogen-bond donors (Lipinski definition) is 8. The van der Waals surface area contributed by atoms with Gasteiger partial charge in [0, 0.05) is 0 Å². The van der Waals surface area contributed by atoms with Gasteiger partial charge in [0.05, 0.1) is 25.4 Å². The molecule has 15 atom stereocenters. The molecule has 8 N–H and O–H groups in total. The van der Waals surface area contributed by atoms with Crippen molar-refractivity contribution in [2.45, 2.75) is 159 Å². The molecule has 0 aromatic heterocycles. The summed E-state index contributed by atoms with van der Waals surface area (Å²) in [6, 6.07) is 0. The molecule has 0 radical (unpaired) electrons. The van der Waals surface area contributed by atoms with Gasteiger partial charge in [0.2, 0.25) is 0 Å². The zero-order valence-corrected chi connectivity index (χ0v) is 28.2. The lowest BCUT2D eigenvalue weighted by Crippen LogP contribution is -2.66. The van der Waals surface area contributed by atoms with Gasteiger partial charge in [0.25, 0.3) is 0 Å². The Hall–Kier alpha value is -1.34. The van der Waals surface area contributed by atoms with E-state index in [0.29, 0.717) is 0 Å². The Balaban J connectivity index is 1.67. The summed E-state index contributed by atoms with van der Waals surface area (Å²) in [7, 11) is 0. The van der Waals surface area contributed by atoms with E-state index in [-0.39, 0.29) is 6.61 Å². The number of aliphatic hydroxyl groups excluding tert-OH is 8. The van der Waals surface area contributed by atoms with Crippen LogP contribution >= 0.6 is 0 Å². The average molecular weight is 677 g/mol. The molecule has 272 valence electrons. The minimum atomic E-state index is -1.73. The largest absolute Gasteiger partial charge is 0.394 e. The second-order valence-electron chi connectivity index (χ2n) is 12.9. The summed E-state index contributed by atoms with van der Waals surface area (Å²) >= 11 is 0. The second-order valence-corrected chi connectivity index (χ2v) is 12.9. The number of allylic oxidation sites excluding steroid dienone is 5. The Morgan fingerprint density at radius 2 is 1.15 bits per heavy atom. The zero-order valence-electron chi connectivity index (χ0n) is 28.2. The first kappa shape index (κ1) is 40.1. The van der Waals surface area contributed by atoms with Crippen LogP contribution in [0.4, 0.5) is 0 Å². The van der Waals surface area contributed by atoms with Crippen LogP contribution < -0.4 is 0 Å². The van der Waals surface area contributed by atoms with Gasteiger partial charge in [-0.05, 0) is 67.2 Å². The average Bonchev–Trinajstić information content (AvgIpc) is 3.04. The number of ether oxygens (including phenoxy) is 6. The fourth-order valence-corrected chi connectivity index (χ4v) is 5.66. The first-order valence-electron chi connectivity index (χ1n) is 16.4. The Morgan fingerprint density at radius 1 is 0.596 bits per heavy atom. The number of hydrogen-bond acceptors (Lipinski definition) is 14. The minimum Gasteiger partial charge on any atom is -0.394 e. The van der Waals surface area contributed by atoms with Crippen LogP contribution in [0.3, 0.4) is 0 Å². The van der Waals surface area contributed by atoms with Crippen molar-refractivity contribution in [2.24, 2.45) is 0 Å². The topological polar surface area (TPSA) is 217 Å². The van der Waals surface area contributed by atoms with Gasteiger partial charge < -0.3 is 69.3 Å². The van der Waals surface area contributed by atoms with E-state index in [1.54, 1.807) is 0 Å². The fourth-order valence-electron chi connectivity index (χ4n) is 5.66. The van der Waals surface area contributed by atoms with Crippen molar-refractivity contribution in [2.75, 3.05) is 13.2 Å². The van der Waals surface area contributed by atoms with Gasteiger partial charge in [0.1, 0.15) is 61.0 Å². The van der Waals surface area contributed by atoms with Crippen LogP contribution in [-0.2, 0) is 28.4 Å². The highest BCUT2D eigenvalue weighted by Gasteiger charge is 2.53. The van der Waals surface area contributed by atoms with Gasteiger partial charge in [-0.2, -0.15) is 0 Å². The predicted octanol–water partition coefficient (Wildman–Crippen LogP) is -0.0743. The Morgan fingerprint density at radius 3 is 1.77 bits per heavy atom. The van der Waals surface area contributed by atoms with Gasteiger partial charge in [-0.1, -0.05) is 34.9 Å². The monoisotopic (exact) mass is 676 g/mol. The van der Waals surface area contributed by atoms with E-state index >= 15 is 0 Å². The van der Waals surface area contributed by atoms with Crippen LogP contribution in [0.5, 0.6) is 0 Å². The van der Waals surface area contributed by atoms with Crippen molar-refractivity contribution >= 4 is 0 Å². The van der Waals surface area contributed by atoms with Crippen molar-refractivity contribution in [3.63, 3.8) is 0 Å². The predicted molar refractivity (Wildman–Crippen MR) is 168 cm³/mol.